The topological polar surface area (TPSA) is 49.3 Å². The number of amides is 1. The van der Waals surface area contributed by atoms with Gasteiger partial charge in [-0.2, -0.15) is 0 Å². The highest BCUT2D eigenvalue weighted by molar-refractivity contribution is 5.94. The molecular weight excluding hydrogens is 197 g/mol. The first-order chi connectivity index (χ1) is 7.02. The molecule has 0 saturated carbocycles. The van der Waals surface area contributed by atoms with Crippen LogP contribution in [-0.4, -0.2) is 23.7 Å². The first kappa shape index (κ1) is 11.7. The van der Waals surface area contributed by atoms with Crippen molar-refractivity contribution in [2.45, 2.75) is 19.9 Å². The number of halogens is 1. The van der Waals surface area contributed by atoms with Gasteiger partial charge in [-0.05, 0) is 37.6 Å². The molecule has 0 heterocycles. The van der Waals surface area contributed by atoms with Gasteiger partial charge in [0.1, 0.15) is 5.82 Å². The van der Waals surface area contributed by atoms with Crippen LogP contribution in [0.15, 0.2) is 18.2 Å². The SMILES string of the molecule is Cc1cc(F)cc(C(=O)N[C@H](C)CO)c1. The number of rotatable bonds is 3. The maximum Gasteiger partial charge on any atom is 0.251 e. The molecule has 3 nitrogen and oxygen atoms in total. The fraction of sp³-hybridized carbons (Fsp3) is 0.364. The number of hydrogen-bond acceptors (Lipinski definition) is 2. The Hall–Kier alpha value is -1.42. The molecule has 4 heteroatoms. The average molecular weight is 211 g/mol. The van der Waals surface area contributed by atoms with Gasteiger partial charge >= 0.3 is 0 Å². The molecule has 1 atom stereocenters. The van der Waals surface area contributed by atoms with E-state index in [1.54, 1.807) is 19.9 Å². The number of nitrogens with one attached hydrogen (secondary N) is 1. The van der Waals surface area contributed by atoms with Crippen LogP contribution >= 0.6 is 0 Å². The Morgan fingerprint density at radius 1 is 1.53 bits per heavy atom. The van der Waals surface area contributed by atoms with Gasteiger partial charge in [0.25, 0.3) is 5.91 Å². The number of aryl methyl sites for hydroxylation is 1. The van der Waals surface area contributed by atoms with Gasteiger partial charge in [-0.15, -0.1) is 0 Å². The summed E-state index contributed by atoms with van der Waals surface area (Å²) in [6.07, 6.45) is 0. The van der Waals surface area contributed by atoms with E-state index in [0.717, 1.165) is 0 Å². The van der Waals surface area contributed by atoms with E-state index in [9.17, 15) is 9.18 Å². The number of aliphatic hydroxyl groups excluding tert-OH is 1. The molecule has 0 aliphatic rings. The van der Waals surface area contributed by atoms with Crippen molar-refractivity contribution in [3.05, 3.63) is 35.1 Å². The molecular formula is C11H14FNO2. The third-order valence-electron chi connectivity index (χ3n) is 1.96. The van der Waals surface area contributed by atoms with Crippen LogP contribution in [0.5, 0.6) is 0 Å². The predicted octanol–water partition coefficient (Wildman–Crippen LogP) is 1.24. The lowest BCUT2D eigenvalue weighted by Gasteiger charge is -2.11. The molecule has 0 bridgehead atoms. The van der Waals surface area contributed by atoms with Gasteiger partial charge in [-0.25, -0.2) is 4.39 Å². The maximum atomic E-state index is 13.0. The van der Waals surface area contributed by atoms with Crippen molar-refractivity contribution in [3.8, 4) is 0 Å². The minimum absolute atomic E-state index is 0.139. The van der Waals surface area contributed by atoms with E-state index in [-0.39, 0.29) is 24.1 Å². The summed E-state index contributed by atoms with van der Waals surface area (Å²) >= 11 is 0. The molecule has 0 fully saturated rings. The largest absolute Gasteiger partial charge is 0.394 e. The van der Waals surface area contributed by atoms with E-state index >= 15 is 0 Å². The van der Waals surface area contributed by atoms with Crippen molar-refractivity contribution < 1.29 is 14.3 Å². The number of carbonyl (C=O) groups is 1. The molecule has 0 saturated heterocycles. The summed E-state index contributed by atoms with van der Waals surface area (Å²) < 4.78 is 13.0. The van der Waals surface area contributed by atoms with Gasteiger partial charge in [-0.1, -0.05) is 0 Å². The average Bonchev–Trinajstić information content (AvgIpc) is 2.16. The number of benzene rings is 1. The molecule has 0 radical (unpaired) electrons. The van der Waals surface area contributed by atoms with E-state index in [1.807, 2.05) is 0 Å². The summed E-state index contributed by atoms with van der Waals surface area (Å²) in [6, 6.07) is 3.79. The summed E-state index contributed by atoms with van der Waals surface area (Å²) in [5.74, 6) is -0.809. The van der Waals surface area contributed by atoms with Crippen LogP contribution in [0.2, 0.25) is 0 Å². The highest BCUT2D eigenvalue weighted by Crippen LogP contribution is 2.08. The standard InChI is InChI=1S/C11H14FNO2/c1-7-3-9(5-10(12)4-7)11(15)13-8(2)6-14/h3-5,8,14H,6H2,1-2H3,(H,13,15)/t8-/m1/s1. The van der Waals surface area contributed by atoms with Crippen LogP contribution in [0, 0.1) is 12.7 Å². The lowest BCUT2D eigenvalue weighted by Crippen LogP contribution is -2.35. The Morgan fingerprint density at radius 3 is 2.73 bits per heavy atom. The molecule has 15 heavy (non-hydrogen) atoms. The van der Waals surface area contributed by atoms with Crippen molar-refractivity contribution in [3.63, 3.8) is 0 Å². The lowest BCUT2D eigenvalue weighted by molar-refractivity contribution is 0.0922. The second-order valence-corrected chi connectivity index (χ2v) is 3.57. The Bertz CT molecular complexity index is 345. The molecule has 1 aromatic rings. The van der Waals surface area contributed by atoms with Crippen LogP contribution < -0.4 is 5.32 Å². The van der Waals surface area contributed by atoms with E-state index in [1.165, 1.54) is 12.1 Å². The number of aliphatic hydroxyl groups is 1. The summed E-state index contributed by atoms with van der Waals surface area (Å²) in [5, 5.41) is 11.3. The third-order valence-corrected chi connectivity index (χ3v) is 1.96. The van der Waals surface area contributed by atoms with E-state index in [4.69, 9.17) is 5.11 Å². The fourth-order valence-electron chi connectivity index (χ4n) is 1.22. The summed E-state index contributed by atoms with van der Waals surface area (Å²) in [5.41, 5.74) is 0.963. The molecule has 1 rings (SSSR count). The van der Waals surface area contributed by atoms with Crippen molar-refractivity contribution in [2.75, 3.05) is 6.61 Å². The van der Waals surface area contributed by atoms with Gasteiger partial charge in [0.15, 0.2) is 0 Å². The van der Waals surface area contributed by atoms with E-state index < -0.39 is 5.82 Å². The van der Waals surface area contributed by atoms with Crippen LogP contribution in [0.1, 0.15) is 22.8 Å². The predicted molar refractivity (Wildman–Crippen MR) is 55.2 cm³/mol. The molecule has 1 aromatic carbocycles. The fourth-order valence-corrected chi connectivity index (χ4v) is 1.22. The molecule has 0 spiro atoms. The molecule has 0 unspecified atom stereocenters. The zero-order chi connectivity index (χ0) is 11.4. The van der Waals surface area contributed by atoms with Crippen molar-refractivity contribution in [2.24, 2.45) is 0 Å². The molecule has 1 amide bonds. The zero-order valence-corrected chi connectivity index (χ0v) is 8.75. The molecule has 82 valence electrons. The summed E-state index contributed by atoms with van der Waals surface area (Å²) in [7, 11) is 0. The van der Waals surface area contributed by atoms with Gasteiger partial charge in [0.2, 0.25) is 0 Å². The smallest absolute Gasteiger partial charge is 0.251 e. The zero-order valence-electron chi connectivity index (χ0n) is 8.75. The van der Waals surface area contributed by atoms with Gasteiger partial charge < -0.3 is 10.4 Å². The quantitative estimate of drug-likeness (QED) is 0.790. The number of hydrogen-bond donors (Lipinski definition) is 2. The number of carbonyl (C=O) groups excluding carboxylic acids is 1. The Kier molecular flexibility index (Phi) is 3.80. The minimum Gasteiger partial charge on any atom is -0.394 e. The van der Waals surface area contributed by atoms with E-state index in [2.05, 4.69) is 5.32 Å². The highest BCUT2D eigenvalue weighted by Gasteiger charge is 2.10. The monoisotopic (exact) mass is 211 g/mol. The van der Waals surface area contributed by atoms with Crippen LogP contribution in [0.25, 0.3) is 0 Å². The third kappa shape index (κ3) is 3.32. The van der Waals surface area contributed by atoms with Crippen molar-refractivity contribution >= 4 is 5.91 Å². The van der Waals surface area contributed by atoms with Crippen LogP contribution in [-0.2, 0) is 0 Å². The Morgan fingerprint density at radius 2 is 2.20 bits per heavy atom. The summed E-state index contributed by atoms with van der Waals surface area (Å²) in [4.78, 5) is 11.5. The first-order valence-electron chi connectivity index (χ1n) is 4.72. The van der Waals surface area contributed by atoms with Gasteiger partial charge in [0.05, 0.1) is 6.61 Å². The second-order valence-electron chi connectivity index (χ2n) is 3.57. The van der Waals surface area contributed by atoms with Gasteiger partial charge in [-0.3, -0.25) is 4.79 Å². The second kappa shape index (κ2) is 4.89. The molecule has 0 aliphatic heterocycles. The van der Waals surface area contributed by atoms with Crippen LogP contribution in [0.3, 0.4) is 0 Å². The normalized spacial score (nSPS) is 12.3. The van der Waals surface area contributed by atoms with Crippen LogP contribution in [0.4, 0.5) is 4.39 Å². The van der Waals surface area contributed by atoms with Crippen molar-refractivity contribution in [1.82, 2.24) is 5.32 Å². The minimum atomic E-state index is -0.434. The Labute approximate surface area is 87.9 Å². The molecule has 2 N–H and O–H groups in total. The maximum absolute atomic E-state index is 13.0. The van der Waals surface area contributed by atoms with Crippen molar-refractivity contribution in [1.29, 1.82) is 0 Å². The Balaban J connectivity index is 2.82. The molecule has 0 aromatic heterocycles. The summed E-state index contributed by atoms with van der Waals surface area (Å²) in [6.45, 7) is 3.25. The first-order valence-corrected chi connectivity index (χ1v) is 4.72. The van der Waals surface area contributed by atoms with Gasteiger partial charge in [0, 0.05) is 11.6 Å². The highest BCUT2D eigenvalue weighted by atomic mass is 19.1. The van der Waals surface area contributed by atoms with E-state index in [0.29, 0.717) is 5.56 Å². The lowest BCUT2D eigenvalue weighted by atomic mass is 10.1. The molecule has 0 aliphatic carbocycles.